The van der Waals surface area contributed by atoms with Crippen LogP contribution in [0.5, 0.6) is 0 Å². The van der Waals surface area contributed by atoms with Gasteiger partial charge in [0.15, 0.2) is 0 Å². The Morgan fingerprint density at radius 2 is 1.85 bits per heavy atom. The van der Waals surface area contributed by atoms with Gasteiger partial charge in [-0.05, 0) is 30.0 Å². The zero-order valence-electron chi connectivity index (χ0n) is 11.3. The van der Waals surface area contributed by atoms with Gasteiger partial charge in [0, 0.05) is 12.4 Å². The van der Waals surface area contributed by atoms with Crippen LogP contribution in [0.15, 0.2) is 36.7 Å². The summed E-state index contributed by atoms with van der Waals surface area (Å²) in [4.78, 5) is 8.20. The van der Waals surface area contributed by atoms with Crippen LogP contribution in [0.3, 0.4) is 0 Å². The minimum absolute atomic E-state index is 0.243. The summed E-state index contributed by atoms with van der Waals surface area (Å²) in [5.41, 5.74) is 1.54. The molecule has 1 saturated carbocycles. The highest BCUT2D eigenvalue weighted by atomic mass is 19.1. The van der Waals surface area contributed by atoms with Gasteiger partial charge in [0.05, 0.1) is 5.69 Å². The lowest BCUT2D eigenvalue weighted by atomic mass is 9.96. The Kier molecular flexibility index (Phi) is 3.90. The summed E-state index contributed by atoms with van der Waals surface area (Å²) in [6.07, 6.45) is 9.30. The molecule has 1 aliphatic rings. The fraction of sp³-hybridized carbons (Fsp3) is 0.375. The third kappa shape index (κ3) is 2.95. The van der Waals surface area contributed by atoms with E-state index in [9.17, 15) is 4.39 Å². The Balaban J connectivity index is 1.84. The maximum absolute atomic E-state index is 14.1. The Bertz CT molecular complexity index is 565. The number of hydrogen-bond acceptors (Lipinski definition) is 3. The topological polar surface area (TPSA) is 37.8 Å². The van der Waals surface area contributed by atoms with Gasteiger partial charge in [0.2, 0.25) is 5.95 Å². The molecule has 1 N–H and O–H groups in total. The smallest absolute Gasteiger partial charge is 0.227 e. The fourth-order valence-corrected chi connectivity index (χ4v) is 2.88. The predicted molar refractivity (Wildman–Crippen MR) is 77.4 cm³/mol. The number of nitrogens with zero attached hydrogens (tertiary/aromatic N) is 2. The summed E-state index contributed by atoms with van der Waals surface area (Å²) >= 11 is 0. The number of hydrogen-bond donors (Lipinski definition) is 1. The van der Waals surface area contributed by atoms with Crippen LogP contribution in [0, 0.1) is 11.7 Å². The van der Waals surface area contributed by atoms with E-state index in [0.717, 1.165) is 12.0 Å². The first kappa shape index (κ1) is 13.0. The lowest BCUT2D eigenvalue weighted by Gasteiger charge is -2.15. The van der Waals surface area contributed by atoms with Crippen molar-refractivity contribution in [2.24, 2.45) is 5.92 Å². The highest BCUT2D eigenvalue weighted by Crippen LogP contribution is 2.32. The molecule has 0 radical (unpaired) electrons. The zero-order chi connectivity index (χ0) is 13.8. The molecule has 20 heavy (non-hydrogen) atoms. The van der Waals surface area contributed by atoms with E-state index in [-0.39, 0.29) is 5.82 Å². The maximum Gasteiger partial charge on any atom is 0.227 e. The Hall–Kier alpha value is -1.97. The van der Waals surface area contributed by atoms with Crippen molar-refractivity contribution in [2.75, 3.05) is 5.32 Å². The van der Waals surface area contributed by atoms with Crippen molar-refractivity contribution in [3.8, 4) is 0 Å². The molecule has 2 aromatic rings. The number of rotatable bonds is 4. The first-order valence-electron chi connectivity index (χ1n) is 7.14. The highest BCUT2D eigenvalue weighted by molar-refractivity contribution is 5.59. The Labute approximate surface area is 118 Å². The highest BCUT2D eigenvalue weighted by Gasteiger charge is 2.18. The SMILES string of the molecule is Fc1cccc(CC2CCCC2)c1Nc1ncccn1. The average Bonchev–Trinajstić information content (AvgIpc) is 2.97. The van der Waals surface area contributed by atoms with E-state index in [1.54, 1.807) is 24.5 Å². The molecule has 1 aromatic heterocycles. The van der Waals surface area contributed by atoms with Crippen LogP contribution < -0.4 is 5.32 Å². The third-order valence-corrected chi connectivity index (χ3v) is 3.89. The minimum atomic E-state index is -0.243. The Morgan fingerprint density at radius 1 is 1.10 bits per heavy atom. The van der Waals surface area contributed by atoms with Crippen molar-refractivity contribution in [3.05, 3.63) is 48.0 Å². The molecule has 104 valence electrons. The predicted octanol–water partition coefficient (Wildman–Crippen LogP) is 4.09. The summed E-state index contributed by atoms with van der Waals surface area (Å²) < 4.78 is 14.1. The number of anilines is 2. The molecule has 0 unspecified atom stereocenters. The summed E-state index contributed by atoms with van der Waals surface area (Å²) in [6, 6.07) is 6.98. The van der Waals surface area contributed by atoms with Gasteiger partial charge in [-0.2, -0.15) is 0 Å². The van der Waals surface area contributed by atoms with E-state index in [1.807, 2.05) is 6.07 Å². The quantitative estimate of drug-likeness (QED) is 0.910. The second-order valence-electron chi connectivity index (χ2n) is 5.33. The van der Waals surface area contributed by atoms with Crippen molar-refractivity contribution in [1.29, 1.82) is 0 Å². The summed E-state index contributed by atoms with van der Waals surface area (Å²) in [5.74, 6) is 0.868. The third-order valence-electron chi connectivity index (χ3n) is 3.89. The molecule has 0 atom stereocenters. The van der Waals surface area contributed by atoms with Crippen molar-refractivity contribution >= 4 is 11.6 Å². The van der Waals surface area contributed by atoms with Crippen molar-refractivity contribution in [1.82, 2.24) is 9.97 Å². The second kappa shape index (κ2) is 5.99. The molecule has 0 amide bonds. The number of aromatic nitrogens is 2. The first-order valence-corrected chi connectivity index (χ1v) is 7.14. The average molecular weight is 271 g/mol. The lowest BCUT2D eigenvalue weighted by Crippen LogP contribution is -2.06. The van der Waals surface area contributed by atoms with Gasteiger partial charge >= 0.3 is 0 Å². The monoisotopic (exact) mass is 271 g/mol. The van der Waals surface area contributed by atoms with Crippen molar-refractivity contribution in [3.63, 3.8) is 0 Å². The zero-order valence-corrected chi connectivity index (χ0v) is 11.3. The van der Waals surface area contributed by atoms with Crippen molar-refractivity contribution < 1.29 is 4.39 Å². The van der Waals surface area contributed by atoms with E-state index in [4.69, 9.17) is 0 Å². The fourth-order valence-electron chi connectivity index (χ4n) is 2.88. The van der Waals surface area contributed by atoms with Crippen LogP contribution in [0.1, 0.15) is 31.2 Å². The molecule has 1 fully saturated rings. The van der Waals surface area contributed by atoms with Crippen LogP contribution in [-0.2, 0) is 6.42 Å². The van der Waals surface area contributed by atoms with Gasteiger partial charge in [-0.25, -0.2) is 14.4 Å². The molecule has 0 bridgehead atoms. The van der Waals surface area contributed by atoms with Crippen LogP contribution in [0.4, 0.5) is 16.0 Å². The number of nitrogens with one attached hydrogen (secondary N) is 1. The molecule has 1 aliphatic carbocycles. The summed E-state index contributed by atoms with van der Waals surface area (Å²) in [6.45, 7) is 0. The Morgan fingerprint density at radius 3 is 2.60 bits per heavy atom. The largest absolute Gasteiger partial charge is 0.321 e. The van der Waals surface area contributed by atoms with Crippen molar-refractivity contribution in [2.45, 2.75) is 32.1 Å². The molecule has 1 heterocycles. The number of benzene rings is 1. The number of para-hydroxylation sites is 1. The normalized spacial score (nSPS) is 15.4. The van der Waals surface area contributed by atoms with E-state index in [0.29, 0.717) is 17.6 Å². The molecule has 3 rings (SSSR count). The summed E-state index contributed by atoms with van der Waals surface area (Å²) in [5, 5.41) is 3.02. The van der Waals surface area contributed by atoms with Crippen LogP contribution in [-0.4, -0.2) is 9.97 Å². The van der Waals surface area contributed by atoms with E-state index in [2.05, 4.69) is 15.3 Å². The van der Waals surface area contributed by atoms with Gasteiger partial charge in [-0.3, -0.25) is 0 Å². The lowest BCUT2D eigenvalue weighted by molar-refractivity contribution is 0.544. The van der Waals surface area contributed by atoms with E-state index >= 15 is 0 Å². The molecule has 0 aliphatic heterocycles. The molecule has 4 heteroatoms. The van der Waals surface area contributed by atoms with Crippen LogP contribution in [0.25, 0.3) is 0 Å². The molecule has 0 saturated heterocycles. The minimum Gasteiger partial charge on any atom is -0.321 e. The molecular formula is C16H18FN3. The van der Waals surface area contributed by atoms with Gasteiger partial charge in [0.1, 0.15) is 5.82 Å². The molecular weight excluding hydrogens is 253 g/mol. The van der Waals surface area contributed by atoms with Gasteiger partial charge in [-0.1, -0.05) is 37.8 Å². The maximum atomic E-state index is 14.1. The second-order valence-corrected chi connectivity index (χ2v) is 5.33. The standard InChI is InChI=1S/C16H18FN3/c17-14-8-3-7-13(11-12-5-1-2-6-12)15(14)20-16-18-9-4-10-19-16/h3-4,7-10,12H,1-2,5-6,11H2,(H,18,19,20). The molecule has 3 nitrogen and oxygen atoms in total. The summed E-state index contributed by atoms with van der Waals surface area (Å²) in [7, 11) is 0. The number of halogens is 1. The first-order chi connectivity index (χ1) is 9.83. The van der Waals surface area contributed by atoms with Gasteiger partial charge in [0.25, 0.3) is 0 Å². The molecule has 1 aromatic carbocycles. The van der Waals surface area contributed by atoms with E-state index < -0.39 is 0 Å². The van der Waals surface area contributed by atoms with E-state index in [1.165, 1.54) is 31.7 Å². The van der Waals surface area contributed by atoms with Crippen LogP contribution in [0.2, 0.25) is 0 Å². The van der Waals surface area contributed by atoms with Gasteiger partial charge < -0.3 is 5.32 Å². The van der Waals surface area contributed by atoms with Gasteiger partial charge in [-0.15, -0.1) is 0 Å². The molecule has 0 spiro atoms. The van der Waals surface area contributed by atoms with Crippen LogP contribution >= 0.6 is 0 Å².